The fraction of sp³-hybridized carbons (Fsp3) is 0.200. The fourth-order valence-electron chi connectivity index (χ4n) is 1.30. The SMILES string of the molecule is Cn1cnc(CNc2ccnc(C(=O)O)c2)n1. The number of hydrogen-bond acceptors (Lipinski definition) is 5. The van der Waals surface area contributed by atoms with Crippen LogP contribution in [0.25, 0.3) is 0 Å². The van der Waals surface area contributed by atoms with Crippen molar-refractivity contribution in [2.24, 2.45) is 7.05 Å². The summed E-state index contributed by atoms with van der Waals surface area (Å²) in [5.41, 5.74) is 0.675. The van der Waals surface area contributed by atoms with Crippen LogP contribution in [-0.2, 0) is 13.6 Å². The van der Waals surface area contributed by atoms with Gasteiger partial charge < -0.3 is 10.4 Å². The molecule has 0 bridgehead atoms. The van der Waals surface area contributed by atoms with Crippen molar-refractivity contribution in [1.82, 2.24) is 19.7 Å². The highest BCUT2D eigenvalue weighted by atomic mass is 16.4. The van der Waals surface area contributed by atoms with E-state index in [0.29, 0.717) is 18.1 Å². The van der Waals surface area contributed by atoms with Gasteiger partial charge in [0.15, 0.2) is 5.82 Å². The van der Waals surface area contributed by atoms with Crippen molar-refractivity contribution in [3.63, 3.8) is 0 Å². The number of nitrogens with one attached hydrogen (secondary N) is 1. The van der Waals surface area contributed by atoms with Gasteiger partial charge in [0.25, 0.3) is 0 Å². The van der Waals surface area contributed by atoms with Crippen LogP contribution in [0.5, 0.6) is 0 Å². The van der Waals surface area contributed by atoms with Crippen LogP contribution in [0, 0.1) is 0 Å². The number of anilines is 1. The summed E-state index contributed by atoms with van der Waals surface area (Å²) in [6.45, 7) is 0.434. The molecule has 2 rings (SSSR count). The van der Waals surface area contributed by atoms with Crippen LogP contribution in [0.4, 0.5) is 5.69 Å². The molecule has 0 aliphatic heterocycles. The van der Waals surface area contributed by atoms with Crippen LogP contribution in [0.2, 0.25) is 0 Å². The maximum Gasteiger partial charge on any atom is 0.354 e. The van der Waals surface area contributed by atoms with E-state index in [1.54, 1.807) is 24.1 Å². The molecule has 0 atom stereocenters. The van der Waals surface area contributed by atoms with Crippen LogP contribution in [0.15, 0.2) is 24.7 Å². The molecular formula is C10H11N5O2. The molecular weight excluding hydrogens is 222 g/mol. The Morgan fingerprint density at radius 2 is 2.35 bits per heavy atom. The predicted molar refractivity (Wildman–Crippen MR) is 59.5 cm³/mol. The number of nitrogens with zero attached hydrogens (tertiary/aromatic N) is 4. The average Bonchev–Trinajstić information content (AvgIpc) is 2.73. The molecule has 17 heavy (non-hydrogen) atoms. The second kappa shape index (κ2) is 4.60. The molecule has 0 radical (unpaired) electrons. The zero-order chi connectivity index (χ0) is 12.3. The summed E-state index contributed by atoms with van der Waals surface area (Å²) in [6, 6.07) is 3.15. The molecule has 0 unspecified atom stereocenters. The van der Waals surface area contributed by atoms with E-state index in [2.05, 4.69) is 20.4 Å². The molecule has 7 nitrogen and oxygen atoms in total. The van der Waals surface area contributed by atoms with Gasteiger partial charge in [-0.2, -0.15) is 5.10 Å². The Balaban J connectivity index is 2.04. The summed E-state index contributed by atoms with van der Waals surface area (Å²) in [6.07, 6.45) is 3.05. The fourth-order valence-corrected chi connectivity index (χ4v) is 1.30. The minimum Gasteiger partial charge on any atom is -0.477 e. The molecule has 0 saturated carbocycles. The lowest BCUT2D eigenvalue weighted by Gasteiger charge is -2.03. The molecule has 0 aliphatic carbocycles. The number of hydrogen-bond donors (Lipinski definition) is 2. The average molecular weight is 233 g/mol. The van der Waals surface area contributed by atoms with Gasteiger partial charge in [0.1, 0.15) is 12.0 Å². The first-order chi connectivity index (χ1) is 8.15. The van der Waals surface area contributed by atoms with Gasteiger partial charge >= 0.3 is 5.97 Å². The molecule has 2 aromatic heterocycles. The summed E-state index contributed by atoms with van der Waals surface area (Å²) in [5, 5.41) is 15.9. The Bertz CT molecular complexity index is 537. The van der Waals surface area contributed by atoms with Gasteiger partial charge in [0.05, 0.1) is 6.54 Å². The lowest BCUT2D eigenvalue weighted by molar-refractivity contribution is 0.0690. The molecule has 0 amide bonds. The maximum atomic E-state index is 10.7. The second-order valence-electron chi connectivity index (χ2n) is 3.42. The summed E-state index contributed by atoms with van der Waals surface area (Å²) >= 11 is 0. The van der Waals surface area contributed by atoms with Gasteiger partial charge in [-0.05, 0) is 12.1 Å². The predicted octanol–water partition coefficient (Wildman–Crippen LogP) is 0.520. The van der Waals surface area contributed by atoms with E-state index >= 15 is 0 Å². The van der Waals surface area contributed by atoms with Gasteiger partial charge in [-0.1, -0.05) is 0 Å². The lowest BCUT2D eigenvalue weighted by Crippen LogP contribution is -2.05. The zero-order valence-corrected chi connectivity index (χ0v) is 9.16. The third-order valence-electron chi connectivity index (χ3n) is 2.08. The molecule has 2 aromatic rings. The van der Waals surface area contributed by atoms with Crippen LogP contribution >= 0.6 is 0 Å². The van der Waals surface area contributed by atoms with E-state index < -0.39 is 5.97 Å². The van der Waals surface area contributed by atoms with Crippen molar-refractivity contribution in [2.75, 3.05) is 5.32 Å². The number of carbonyl (C=O) groups is 1. The van der Waals surface area contributed by atoms with Crippen molar-refractivity contribution in [3.05, 3.63) is 36.2 Å². The van der Waals surface area contributed by atoms with Crippen LogP contribution in [-0.4, -0.2) is 30.8 Å². The van der Waals surface area contributed by atoms with E-state index in [0.717, 1.165) is 0 Å². The van der Waals surface area contributed by atoms with Crippen molar-refractivity contribution < 1.29 is 9.90 Å². The molecule has 0 aliphatic rings. The van der Waals surface area contributed by atoms with E-state index in [9.17, 15) is 4.79 Å². The number of carboxylic acids is 1. The standard InChI is InChI=1S/C10H11N5O2/c1-15-6-13-9(14-15)5-12-7-2-3-11-8(4-7)10(16)17/h2-4,6H,5H2,1H3,(H,11,12)(H,16,17). The van der Waals surface area contributed by atoms with Crippen molar-refractivity contribution in [3.8, 4) is 0 Å². The highest BCUT2D eigenvalue weighted by Gasteiger charge is 2.05. The first-order valence-corrected chi connectivity index (χ1v) is 4.93. The first kappa shape index (κ1) is 11.1. The molecule has 0 spiro atoms. The minimum absolute atomic E-state index is 0.00369. The number of pyridine rings is 1. The first-order valence-electron chi connectivity index (χ1n) is 4.93. The maximum absolute atomic E-state index is 10.7. The molecule has 7 heteroatoms. The van der Waals surface area contributed by atoms with Crippen LogP contribution < -0.4 is 5.32 Å². The quantitative estimate of drug-likeness (QED) is 0.799. The highest BCUT2D eigenvalue weighted by Crippen LogP contribution is 2.08. The van der Waals surface area contributed by atoms with Crippen molar-refractivity contribution in [1.29, 1.82) is 0 Å². The van der Waals surface area contributed by atoms with Gasteiger partial charge in [-0.15, -0.1) is 0 Å². The Labute approximate surface area is 97.1 Å². The Morgan fingerprint density at radius 1 is 1.53 bits per heavy atom. The monoisotopic (exact) mass is 233 g/mol. The van der Waals surface area contributed by atoms with Crippen molar-refractivity contribution >= 4 is 11.7 Å². The number of aromatic carboxylic acids is 1. The molecule has 2 heterocycles. The minimum atomic E-state index is -1.05. The molecule has 0 saturated heterocycles. The molecule has 88 valence electrons. The van der Waals surface area contributed by atoms with E-state index in [4.69, 9.17) is 5.11 Å². The van der Waals surface area contributed by atoms with Gasteiger partial charge in [-0.25, -0.2) is 14.8 Å². The third kappa shape index (κ3) is 2.77. The Kier molecular flexibility index (Phi) is 2.99. The topological polar surface area (TPSA) is 92.9 Å². The van der Waals surface area contributed by atoms with Gasteiger partial charge in [0, 0.05) is 18.9 Å². The van der Waals surface area contributed by atoms with E-state index in [1.165, 1.54) is 12.3 Å². The number of carboxylic acid groups (broad SMARTS) is 1. The summed E-state index contributed by atoms with van der Waals surface area (Å²) in [4.78, 5) is 18.5. The number of aromatic nitrogens is 4. The zero-order valence-electron chi connectivity index (χ0n) is 9.16. The number of rotatable bonds is 4. The van der Waals surface area contributed by atoms with Crippen LogP contribution in [0.3, 0.4) is 0 Å². The lowest BCUT2D eigenvalue weighted by atomic mass is 10.3. The smallest absolute Gasteiger partial charge is 0.354 e. The Hall–Kier alpha value is -2.44. The van der Waals surface area contributed by atoms with Gasteiger partial charge in [-0.3, -0.25) is 4.68 Å². The second-order valence-corrected chi connectivity index (χ2v) is 3.42. The normalized spacial score (nSPS) is 10.2. The largest absolute Gasteiger partial charge is 0.477 e. The molecule has 0 fully saturated rings. The van der Waals surface area contributed by atoms with E-state index in [1.807, 2.05) is 0 Å². The summed E-state index contributed by atoms with van der Waals surface area (Å²) in [5.74, 6) is -0.411. The summed E-state index contributed by atoms with van der Waals surface area (Å²) in [7, 11) is 1.78. The van der Waals surface area contributed by atoms with E-state index in [-0.39, 0.29) is 5.69 Å². The molecule has 2 N–H and O–H groups in total. The highest BCUT2D eigenvalue weighted by molar-refractivity contribution is 5.86. The van der Waals surface area contributed by atoms with Crippen LogP contribution in [0.1, 0.15) is 16.3 Å². The number of aryl methyl sites for hydroxylation is 1. The third-order valence-corrected chi connectivity index (χ3v) is 2.08. The Morgan fingerprint density at radius 3 is 3.00 bits per heavy atom. The summed E-state index contributed by atoms with van der Waals surface area (Å²) < 4.78 is 1.60. The molecule has 0 aromatic carbocycles. The van der Waals surface area contributed by atoms with Crippen molar-refractivity contribution in [2.45, 2.75) is 6.54 Å². The van der Waals surface area contributed by atoms with Gasteiger partial charge in [0.2, 0.25) is 0 Å².